The lowest BCUT2D eigenvalue weighted by molar-refractivity contribution is -0.143. The molecule has 0 amide bonds. The van der Waals surface area contributed by atoms with Gasteiger partial charge in [-0.1, -0.05) is 11.8 Å². The third kappa shape index (κ3) is 3.71. The molecule has 31 heavy (non-hydrogen) atoms. The highest BCUT2D eigenvalue weighted by molar-refractivity contribution is 8.00. The van der Waals surface area contributed by atoms with Gasteiger partial charge in [-0.15, -0.1) is 10.2 Å². The topological polar surface area (TPSA) is 57.0 Å². The van der Waals surface area contributed by atoms with E-state index in [1.165, 1.54) is 19.3 Å². The second-order valence-corrected chi connectivity index (χ2v) is 11.6. The van der Waals surface area contributed by atoms with Gasteiger partial charge in [0.05, 0.1) is 12.4 Å². The molecule has 5 nitrogen and oxygen atoms in total. The van der Waals surface area contributed by atoms with Crippen LogP contribution in [0.15, 0.2) is 29.4 Å². The SMILES string of the molecule is COc1ccc(-c2nnc(SC(C)C(=O)C34CC5CC(CC(C5)C3)C4)n2C(C)C)cc1. The number of hydrogen-bond donors (Lipinski definition) is 0. The third-order valence-corrected chi connectivity index (χ3v) is 8.80. The summed E-state index contributed by atoms with van der Waals surface area (Å²) in [6, 6.07) is 8.12. The average molecular weight is 440 g/mol. The first-order chi connectivity index (χ1) is 14.9. The molecule has 6 rings (SSSR count). The van der Waals surface area contributed by atoms with Crippen molar-refractivity contribution in [1.29, 1.82) is 0 Å². The lowest BCUT2D eigenvalue weighted by Gasteiger charge is -2.56. The lowest BCUT2D eigenvalue weighted by atomic mass is 9.48. The van der Waals surface area contributed by atoms with Gasteiger partial charge in [-0.3, -0.25) is 9.36 Å². The van der Waals surface area contributed by atoms with E-state index in [1.54, 1.807) is 18.9 Å². The minimum absolute atomic E-state index is 0.0668. The predicted octanol–water partition coefficient (Wildman–Crippen LogP) is 5.80. The van der Waals surface area contributed by atoms with E-state index in [9.17, 15) is 4.79 Å². The quantitative estimate of drug-likeness (QED) is 0.510. The van der Waals surface area contributed by atoms with Crippen molar-refractivity contribution < 1.29 is 9.53 Å². The smallest absolute Gasteiger partial charge is 0.192 e. The van der Waals surface area contributed by atoms with Crippen LogP contribution in [0.25, 0.3) is 11.4 Å². The summed E-state index contributed by atoms with van der Waals surface area (Å²) >= 11 is 1.59. The molecule has 0 N–H and O–H groups in total. The van der Waals surface area contributed by atoms with E-state index in [1.807, 2.05) is 24.3 Å². The van der Waals surface area contributed by atoms with E-state index in [0.29, 0.717) is 5.78 Å². The number of thioether (sulfide) groups is 1. The first-order valence-electron chi connectivity index (χ1n) is 11.7. The first kappa shape index (κ1) is 21.0. The van der Waals surface area contributed by atoms with Crippen molar-refractivity contribution in [2.75, 3.05) is 7.11 Å². The molecule has 0 radical (unpaired) electrons. The van der Waals surface area contributed by atoms with Gasteiger partial charge in [-0.25, -0.2) is 0 Å². The molecule has 1 unspecified atom stereocenters. The number of methoxy groups -OCH3 is 1. The second kappa shape index (κ2) is 7.95. The number of ketones is 1. The zero-order chi connectivity index (χ0) is 21.8. The van der Waals surface area contributed by atoms with Gasteiger partial charge < -0.3 is 4.74 Å². The van der Waals surface area contributed by atoms with Crippen LogP contribution in [-0.4, -0.2) is 32.9 Å². The van der Waals surface area contributed by atoms with Crippen molar-refractivity contribution in [2.45, 2.75) is 75.7 Å². The van der Waals surface area contributed by atoms with Crippen molar-refractivity contribution in [3.63, 3.8) is 0 Å². The molecule has 4 aliphatic rings. The molecule has 4 bridgehead atoms. The van der Waals surface area contributed by atoms with Crippen LogP contribution in [0.1, 0.15) is 65.3 Å². The fraction of sp³-hybridized carbons (Fsp3) is 0.640. The zero-order valence-electron chi connectivity index (χ0n) is 19.0. The molecule has 4 aliphatic carbocycles. The van der Waals surface area contributed by atoms with Crippen LogP contribution in [-0.2, 0) is 4.79 Å². The second-order valence-electron chi connectivity index (χ2n) is 10.3. The Labute approximate surface area is 189 Å². The standard InChI is InChI=1S/C25H33N3O2S/c1-15(2)28-23(20-5-7-21(30-4)8-6-20)26-27-24(28)31-16(3)22(29)25-12-17-9-18(13-25)11-19(10-17)14-25/h5-8,15-19H,9-14H2,1-4H3. The monoisotopic (exact) mass is 439 g/mol. The van der Waals surface area contributed by atoms with E-state index in [-0.39, 0.29) is 16.7 Å². The highest BCUT2D eigenvalue weighted by atomic mass is 32.2. The molecule has 1 aromatic carbocycles. The number of carbonyl (C=O) groups excluding carboxylic acids is 1. The van der Waals surface area contributed by atoms with E-state index in [4.69, 9.17) is 4.74 Å². The summed E-state index contributed by atoms with van der Waals surface area (Å²) in [5.41, 5.74) is 0.941. The number of aromatic nitrogens is 3. The van der Waals surface area contributed by atoms with Gasteiger partial charge in [0.1, 0.15) is 5.75 Å². The van der Waals surface area contributed by atoms with Gasteiger partial charge in [0.15, 0.2) is 16.8 Å². The van der Waals surface area contributed by atoms with Crippen LogP contribution in [0.2, 0.25) is 0 Å². The Balaban J connectivity index is 1.38. The minimum Gasteiger partial charge on any atom is -0.497 e. The number of Topliss-reactive ketones (excluding diaryl/α,β-unsaturated/α-hetero) is 1. The fourth-order valence-corrected chi connectivity index (χ4v) is 7.99. The number of carbonyl (C=O) groups is 1. The molecule has 4 fully saturated rings. The number of ether oxygens (including phenoxy) is 1. The lowest BCUT2D eigenvalue weighted by Crippen LogP contribution is -2.51. The Hall–Kier alpha value is -1.82. The van der Waals surface area contributed by atoms with Gasteiger partial charge in [0.2, 0.25) is 0 Å². The van der Waals surface area contributed by atoms with Gasteiger partial charge in [-0.05, 0) is 101 Å². The van der Waals surface area contributed by atoms with Crippen LogP contribution in [0.3, 0.4) is 0 Å². The van der Waals surface area contributed by atoms with E-state index < -0.39 is 0 Å². The summed E-state index contributed by atoms with van der Waals surface area (Å²) in [5, 5.41) is 9.77. The number of hydrogen-bond acceptors (Lipinski definition) is 5. The maximum atomic E-state index is 13.7. The molecule has 6 heteroatoms. The summed E-state index contributed by atoms with van der Waals surface area (Å²) in [5.74, 6) is 4.48. The summed E-state index contributed by atoms with van der Waals surface area (Å²) in [6.07, 6.45) is 7.45. The molecule has 166 valence electrons. The Morgan fingerprint density at radius 3 is 2.13 bits per heavy atom. The molecule has 1 heterocycles. The van der Waals surface area contributed by atoms with E-state index in [2.05, 4.69) is 35.5 Å². The largest absolute Gasteiger partial charge is 0.497 e. The van der Waals surface area contributed by atoms with Crippen molar-refractivity contribution in [1.82, 2.24) is 14.8 Å². The maximum absolute atomic E-state index is 13.7. The van der Waals surface area contributed by atoms with Crippen molar-refractivity contribution in [3.05, 3.63) is 24.3 Å². The summed E-state index contributed by atoms with van der Waals surface area (Å²) in [7, 11) is 1.67. The Morgan fingerprint density at radius 1 is 1.03 bits per heavy atom. The average Bonchev–Trinajstić information content (AvgIpc) is 3.16. The zero-order valence-corrected chi connectivity index (χ0v) is 19.8. The molecule has 0 spiro atoms. The van der Waals surface area contributed by atoms with Gasteiger partial charge in [0.25, 0.3) is 0 Å². The molecule has 2 aromatic rings. The predicted molar refractivity (Wildman–Crippen MR) is 123 cm³/mol. The van der Waals surface area contributed by atoms with Gasteiger partial charge >= 0.3 is 0 Å². The van der Waals surface area contributed by atoms with Crippen LogP contribution in [0.5, 0.6) is 5.75 Å². The van der Waals surface area contributed by atoms with Crippen molar-refractivity contribution in [2.24, 2.45) is 23.2 Å². The first-order valence-corrected chi connectivity index (χ1v) is 12.6. The van der Waals surface area contributed by atoms with Gasteiger partial charge in [-0.2, -0.15) is 0 Å². The fourth-order valence-electron chi connectivity index (χ4n) is 6.82. The summed E-state index contributed by atoms with van der Waals surface area (Å²) in [4.78, 5) is 13.7. The molecule has 1 atom stereocenters. The van der Waals surface area contributed by atoms with E-state index in [0.717, 1.165) is 59.3 Å². The number of benzene rings is 1. The molecule has 1 aromatic heterocycles. The Morgan fingerprint density at radius 2 is 1.61 bits per heavy atom. The van der Waals surface area contributed by atoms with Crippen LogP contribution >= 0.6 is 11.8 Å². The van der Waals surface area contributed by atoms with Gasteiger partial charge in [0, 0.05) is 17.0 Å². The normalized spacial score (nSPS) is 30.0. The summed E-state index contributed by atoms with van der Waals surface area (Å²) < 4.78 is 7.45. The van der Waals surface area contributed by atoms with Crippen LogP contribution in [0.4, 0.5) is 0 Å². The Bertz CT molecular complexity index is 930. The van der Waals surface area contributed by atoms with Crippen molar-refractivity contribution >= 4 is 17.5 Å². The third-order valence-electron chi connectivity index (χ3n) is 7.74. The molecule has 0 saturated heterocycles. The minimum atomic E-state index is -0.0957. The molecule has 0 aliphatic heterocycles. The highest BCUT2D eigenvalue weighted by Gasteiger charge is 2.55. The molecular weight excluding hydrogens is 406 g/mol. The maximum Gasteiger partial charge on any atom is 0.192 e. The molecular formula is C25H33N3O2S. The van der Waals surface area contributed by atoms with E-state index >= 15 is 0 Å². The number of nitrogens with zero attached hydrogens (tertiary/aromatic N) is 3. The summed E-state index contributed by atoms with van der Waals surface area (Å²) in [6.45, 7) is 6.37. The van der Waals surface area contributed by atoms with Crippen molar-refractivity contribution in [3.8, 4) is 17.1 Å². The highest BCUT2D eigenvalue weighted by Crippen LogP contribution is 2.61. The Kier molecular flexibility index (Phi) is 5.40. The van der Waals surface area contributed by atoms with Crippen LogP contribution < -0.4 is 4.74 Å². The van der Waals surface area contributed by atoms with Crippen LogP contribution in [0, 0.1) is 23.2 Å². The number of rotatable bonds is 7. The molecule has 4 saturated carbocycles.